The summed E-state index contributed by atoms with van der Waals surface area (Å²) in [5.41, 5.74) is 2.14. The van der Waals surface area contributed by atoms with Crippen LogP contribution in [0, 0.1) is 0 Å². The molecule has 0 atom stereocenters. The van der Waals surface area contributed by atoms with Crippen molar-refractivity contribution in [1.29, 1.82) is 0 Å². The molecule has 0 saturated carbocycles. The van der Waals surface area contributed by atoms with E-state index in [4.69, 9.17) is 21.1 Å². The second-order valence-corrected chi connectivity index (χ2v) is 7.06. The van der Waals surface area contributed by atoms with E-state index < -0.39 is 0 Å². The quantitative estimate of drug-likeness (QED) is 0.579. The van der Waals surface area contributed by atoms with Gasteiger partial charge in [0.2, 0.25) is 12.7 Å². The van der Waals surface area contributed by atoms with Crippen LogP contribution in [0.4, 0.5) is 5.69 Å². The van der Waals surface area contributed by atoms with Crippen LogP contribution in [0.2, 0.25) is 5.02 Å². The summed E-state index contributed by atoms with van der Waals surface area (Å²) >= 11 is 5.94. The van der Waals surface area contributed by atoms with Gasteiger partial charge in [0.1, 0.15) is 0 Å². The summed E-state index contributed by atoms with van der Waals surface area (Å²) in [6.07, 6.45) is 7.18. The number of ether oxygens (including phenoxy) is 2. The number of hydrogen-bond donors (Lipinski definition) is 0. The third-order valence-corrected chi connectivity index (χ3v) is 5.07. The van der Waals surface area contributed by atoms with Gasteiger partial charge in [0.15, 0.2) is 11.5 Å². The molecule has 0 N–H and O–H groups in total. The number of carbonyl (C=O) groups excluding carboxylic acids is 1. The Morgan fingerprint density at radius 2 is 1.68 bits per heavy atom. The summed E-state index contributed by atoms with van der Waals surface area (Å²) in [7, 11) is 0. The zero-order valence-electron chi connectivity index (χ0n) is 15.4. The minimum Gasteiger partial charge on any atom is -0.454 e. The monoisotopic (exact) mass is 396 g/mol. The van der Waals surface area contributed by atoms with Gasteiger partial charge < -0.3 is 19.3 Å². The van der Waals surface area contributed by atoms with Crippen LogP contribution in [0.5, 0.6) is 11.5 Å². The Morgan fingerprint density at radius 1 is 0.929 bits per heavy atom. The summed E-state index contributed by atoms with van der Waals surface area (Å²) in [6, 6.07) is 13.6. The van der Waals surface area contributed by atoms with Gasteiger partial charge in [-0.1, -0.05) is 35.9 Å². The number of hydrogen-bond acceptors (Lipinski definition) is 4. The van der Waals surface area contributed by atoms with Gasteiger partial charge in [-0.05, 0) is 42.0 Å². The number of carbonyl (C=O) groups is 1. The van der Waals surface area contributed by atoms with Crippen LogP contribution in [-0.4, -0.2) is 43.8 Å². The average Bonchev–Trinajstić information content (AvgIpc) is 3.20. The normalized spacial score (nSPS) is 16.3. The molecule has 2 aromatic carbocycles. The maximum Gasteiger partial charge on any atom is 0.246 e. The zero-order chi connectivity index (χ0) is 19.3. The fourth-order valence-corrected chi connectivity index (χ4v) is 3.39. The summed E-state index contributed by atoms with van der Waals surface area (Å²) in [4.78, 5) is 16.5. The molecule has 0 spiro atoms. The van der Waals surface area contributed by atoms with E-state index in [0.29, 0.717) is 13.1 Å². The predicted molar refractivity (Wildman–Crippen MR) is 111 cm³/mol. The van der Waals surface area contributed by atoms with Gasteiger partial charge in [-0.2, -0.15) is 0 Å². The minimum atomic E-state index is 0.0334. The van der Waals surface area contributed by atoms with Crippen LogP contribution in [0.3, 0.4) is 0 Å². The number of nitrogens with zero attached hydrogens (tertiary/aromatic N) is 2. The van der Waals surface area contributed by atoms with Crippen molar-refractivity contribution >= 4 is 29.3 Å². The van der Waals surface area contributed by atoms with Crippen LogP contribution in [-0.2, 0) is 4.79 Å². The third kappa shape index (κ3) is 4.31. The highest BCUT2D eigenvalue weighted by molar-refractivity contribution is 6.30. The first-order chi connectivity index (χ1) is 13.7. The lowest BCUT2D eigenvalue weighted by Gasteiger charge is -2.35. The first-order valence-corrected chi connectivity index (χ1v) is 9.61. The number of allylic oxidation sites excluding steroid dienone is 2. The van der Waals surface area contributed by atoms with Crippen molar-refractivity contribution in [3.8, 4) is 11.5 Å². The molecule has 1 saturated heterocycles. The van der Waals surface area contributed by atoms with E-state index >= 15 is 0 Å². The molecule has 2 heterocycles. The molecule has 4 rings (SSSR count). The fourth-order valence-electron chi connectivity index (χ4n) is 3.26. The number of halogens is 1. The number of fused-ring (bicyclic) bond motifs is 1. The smallest absolute Gasteiger partial charge is 0.246 e. The van der Waals surface area contributed by atoms with Crippen molar-refractivity contribution in [3.63, 3.8) is 0 Å². The lowest BCUT2D eigenvalue weighted by atomic mass is 10.2. The summed E-state index contributed by atoms with van der Waals surface area (Å²) in [5.74, 6) is 1.55. The molecule has 5 nitrogen and oxygen atoms in total. The molecule has 28 heavy (non-hydrogen) atoms. The van der Waals surface area contributed by atoms with Crippen molar-refractivity contribution in [2.75, 3.05) is 37.9 Å². The Kier molecular flexibility index (Phi) is 5.53. The van der Waals surface area contributed by atoms with Gasteiger partial charge in [-0.15, -0.1) is 0 Å². The molecule has 1 fully saturated rings. The topological polar surface area (TPSA) is 42.0 Å². The van der Waals surface area contributed by atoms with E-state index in [2.05, 4.69) is 4.90 Å². The van der Waals surface area contributed by atoms with Crippen LogP contribution in [0.25, 0.3) is 6.08 Å². The first kappa shape index (κ1) is 18.4. The standard InChI is InChI=1S/C22H21ClN2O3/c23-18-6-8-19(9-7-18)24-11-13-25(14-12-24)22(26)4-2-1-3-17-5-10-20-21(15-17)28-16-27-20/h1-10,15H,11-14,16H2/b3-1+,4-2+. The van der Waals surface area contributed by atoms with Crippen molar-refractivity contribution < 1.29 is 14.3 Å². The van der Waals surface area contributed by atoms with E-state index in [-0.39, 0.29) is 12.7 Å². The summed E-state index contributed by atoms with van der Waals surface area (Å²) in [6.45, 7) is 3.31. The van der Waals surface area contributed by atoms with E-state index in [1.165, 1.54) is 0 Å². The molecule has 6 heteroatoms. The molecular formula is C22H21ClN2O3. The maximum atomic E-state index is 12.4. The number of anilines is 1. The van der Waals surface area contributed by atoms with Gasteiger partial charge in [0, 0.05) is 43.0 Å². The molecule has 2 aliphatic rings. The third-order valence-electron chi connectivity index (χ3n) is 4.82. The predicted octanol–water partition coefficient (Wildman–Crippen LogP) is 3.99. The largest absolute Gasteiger partial charge is 0.454 e. The fraction of sp³-hybridized carbons (Fsp3) is 0.227. The molecule has 1 amide bonds. The highest BCUT2D eigenvalue weighted by atomic mass is 35.5. The van der Waals surface area contributed by atoms with Crippen LogP contribution in [0.1, 0.15) is 5.56 Å². The molecule has 0 unspecified atom stereocenters. The van der Waals surface area contributed by atoms with Crippen LogP contribution in [0.15, 0.2) is 60.7 Å². The Balaban J connectivity index is 1.27. The molecule has 144 valence electrons. The SMILES string of the molecule is O=C(/C=C/C=C/c1ccc2c(c1)OCO2)N1CCN(c2ccc(Cl)cc2)CC1. The van der Waals surface area contributed by atoms with Crippen LogP contribution >= 0.6 is 11.6 Å². The van der Waals surface area contributed by atoms with Crippen molar-refractivity contribution in [2.45, 2.75) is 0 Å². The highest BCUT2D eigenvalue weighted by Crippen LogP contribution is 2.32. The molecule has 2 aliphatic heterocycles. The minimum absolute atomic E-state index is 0.0334. The average molecular weight is 397 g/mol. The summed E-state index contributed by atoms with van der Waals surface area (Å²) < 4.78 is 10.7. The van der Waals surface area contributed by atoms with Gasteiger partial charge >= 0.3 is 0 Å². The van der Waals surface area contributed by atoms with Crippen molar-refractivity contribution in [3.05, 3.63) is 71.3 Å². The second-order valence-electron chi connectivity index (χ2n) is 6.62. The molecule has 0 aliphatic carbocycles. The first-order valence-electron chi connectivity index (χ1n) is 9.23. The second kappa shape index (κ2) is 8.40. The zero-order valence-corrected chi connectivity index (χ0v) is 16.1. The van der Waals surface area contributed by atoms with Crippen LogP contribution < -0.4 is 14.4 Å². The van der Waals surface area contributed by atoms with Crippen molar-refractivity contribution in [1.82, 2.24) is 4.90 Å². The Bertz CT molecular complexity index is 900. The molecule has 0 radical (unpaired) electrons. The highest BCUT2D eigenvalue weighted by Gasteiger charge is 2.19. The van der Waals surface area contributed by atoms with Gasteiger partial charge in [0.25, 0.3) is 0 Å². The Morgan fingerprint density at radius 3 is 2.46 bits per heavy atom. The lowest BCUT2D eigenvalue weighted by Crippen LogP contribution is -2.48. The maximum absolute atomic E-state index is 12.4. The van der Waals surface area contributed by atoms with Gasteiger partial charge in [-0.25, -0.2) is 0 Å². The van der Waals surface area contributed by atoms with E-state index in [1.807, 2.05) is 59.5 Å². The van der Waals surface area contributed by atoms with Gasteiger partial charge in [0.05, 0.1) is 0 Å². The molecule has 0 bridgehead atoms. The number of piperazine rings is 1. The number of benzene rings is 2. The van der Waals surface area contributed by atoms with E-state index in [9.17, 15) is 4.79 Å². The Labute approximate surface area is 169 Å². The van der Waals surface area contributed by atoms with Crippen molar-refractivity contribution in [2.24, 2.45) is 0 Å². The van der Waals surface area contributed by atoms with Gasteiger partial charge in [-0.3, -0.25) is 4.79 Å². The lowest BCUT2D eigenvalue weighted by molar-refractivity contribution is -0.126. The van der Waals surface area contributed by atoms with E-state index in [0.717, 1.165) is 40.9 Å². The molecular weight excluding hydrogens is 376 g/mol. The molecule has 2 aromatic rings. The molecule has 0 aromatic heterocycles. The summed E-state index contributed by atoms with van der Waals surface area (Å²) in [5, 5.41) is 0.733. The Hall–Kier alpha value is -2.92. The van der Waals surface area contributed by atoms with E-state index in [1.54, 1.807) is 12.2 Å². The number of amides is 1. The number of rotatable bonds is 4.